The van der Waals surface area contributed by atoms with Crippen molar-refractivity contribution in [3.05, 3.63) is 0 Å². The number of carbonyl (C=O) groups excluding carboxylic acids is 1. The van der Waals surface area contributed by atoms with E-state index in [9.17, 15) is 4.79 Å². The molecule has 1 aliphatic heterocycles. The molecular formula is C4H10CuN4O5S. The zero-order chi connectivity index (χ0) is 11.2. The third-order valence-electron chi connectivity index (χ3n) is 1.13. The SMILES string of the molecule is NC(=O)NN1CCNC1.O=S(=O)([O-])[O-].[Cu+2]. The topological polar surface area (TPSA) is 151 Å². The third-order valence-corrected chi connectivity index (χ3v) is 1.13. The van der Waals surface area contributed by atoms with Crippen LogP contribution in [-0.4, -0.2) is 48.3 Å². The molecule has 0 aromatic heterocycles. The van der Waals surface area contributed by atoms with E-state index < -0.39 is 16.4 Å². The Bertz CT molecular complexity index is 269. The second-order valence-electron chi connectivity index (χ2n) is 2.31. The summed E-state index contributed by atoms with van der Waals surface area (Å²) in [6, 6.07) is -0.501. The molecule has 1 heterocycles. The van der Waals surface area contributed by atoms with Crippen LogP contribution in [0, 0.1) is 0 Å². The Morgan fingerprint density at radius 1 is 1.47 bits per heavy atom. The summed E-state index contributed by atoms with van der Waals surface area (Å²) in [6.07, 6.45) is 0. The summed E-state index contributed by atoms with van der Waals surface area (Å²) in [5, 5.41) is 4.76. The maximum Gasteiger partial charge on any atom is 2.00 e. The molecule has 0 atom stereocenters. The molecule has 11 heteroatoms. The van der Waals surface area contributed by atoms with Gasteiger partial charge in [-0.3, -0.25) is 13.8 Å². The van der Waals surface area contributed by atoms with Gasteiger partial charge in [0.15, 0.2) is 0 Å². The predicted molar refractivity (Wildman–Crippen MR) is 42.8 cm³/mol. The summed E-state index contributed by atoms with van der Waals surface area (Å²) in [6.45, 7) is 2.41. The molecule has 93 valence electrons. The number of hydrogen-bond donors (Lipinski definition) is 3. The molecule has 4 N–H and O–H groups in total. The smallest absolute Gasteiger partial charge is 0.759 e. The maximum atomic E-state index is 10.2. The van der Waals surface area contributed by atoms with Crippen molar-refractivity contribution < 1.29 is 39.4 Å². The van der Waals surface area contributed by atoms with Crippen LogP contribution >= 0.6 is 0 Å². The summed E-state index contributed by atoms with van der Waals surface area (Å²) in [5.74, 6) is 0. The minimum atomic E-state index is -5.17. The van der Waals surface area contributed by atoms with Gasteiger partial charge < -0.3 is 20.2 Å². The first-order chi connectivity index (χ1) is 6.29. The number of amides is 2. The summed E-state index contributed by atoms with van der Waals surface area (Å²) in [7, 11) is -5.17. The molecule has 9 nitrogen and oxygen atoms in total. The van der Waals surface area contributed by atoms with E-state index in [2.05, 4.69) is 10.7 Å². The van der Waals surface area contributed by atoms with Crippen molar-refractivity contribution in [1.29, 1.82) is 0 Å². The molecule has 0 unspecified atom stereocenters. The van der Waals surface area contributed by atoms with E-state index in [1.54, 1.807) is 5.01 Å². The standard InChI is InChI=1S/C4H10N4O.Cu.H2O4S/c5-4(9)7-8-2-1-6-3-8;;1-5(2,3)4/h6H,1-3H2,(H3,5,7,9);;(H2,1,2,3,4)/q;+2;/p-2. The Kier molecular flexibility index (Phi) is 8.85. The van der Waals surface area contributed by atoms with Gasteiger partial charge in [0.05, 0.1) is 6.67 Å². The average Bonchev–Trinajstić information content (AvgIpc) is 2.33. The van der Waals surface area contributed by atoms with Gasteiger partial charge in [0.1, 0.15) is 0 Å². The van der Waals surface area contributed by atoms with Gasteiger partial charge in [0, 0.05) is 23.5 Å². The Hall–Kier alpha value is -0.421. The number of hydrazine groups is 1. The molecule has 0 aliphatic carbocycles. The van der Waals surface area contributed by atoms with Crippen LogP contribution in [0.5, 0.6) is 0 Å². The van der Waals surface area contributed by atoms with E-state index in [4.69, 9.17) is 23.3 Å². The molecule has 1 aliphatic rings. The van der Waals surface area contributed by atoms with Gasteiger partial charge in [0.2, 0.25) is 0 Å². The summed E-state index contributed by atoms with van der Waals surface area (Å²) in [4.78, 5) is 10.2. The van der Waals surface area contributed by atoms with E-state index in [1.165, 1.54) is 0 Å². The Morgan fingerprint density at radius 2 is 1.93 bits per heavy atom. The van der Waals surface area contributed by atoms with Crippen LogP contribution in [0.1, 0.15) is 0 Å². The number of urea groups is 1. The summed E-state index contributed by atoms with van der Waals surface area (Å²) in [5.41, 5.74) is 7.30. The quantitative estimate of drug-likeness (QED) is 0.266. The molecule has 1 saturated heterocycles. The molecule has 0 aromatic carbocycles. The van der Waals surface area contributed by atoms with Crippen molar-refractivity contribution in [2.24, 2.45) is 5.73 Å². The van der Waals surface area contributed by atoms with Gasteiger partial charge in [0.25, 0.3) is 0 Å². The van der Waals surface area contributed by atoms with Crippen LogP contribution in [0.25, 0.3) is 0 Å². The maximum absolute atomic E-state index is 10.2. The number of hydrogen-bond acceptors (Lipinski definition) is 7. The number of nitrogens with zero attached hydrogens (tertiary/aromatic N) is 1. The van der Waals surface area contributed by atoms with Crippen molar-refractivity contribution >= 4 is 16.4 Å². The molecule has 15 heavy (non-hydrogen) atoms. The molecule has 0 spiro atoms. The van der Waals surface area contributed by atoms with Crippen LogP contribution in [0.2, 0.25) is 0 Å². The normalized spacial score (nSPS) is 15.9. The van der Waals surface area contributed by atoms with Crippen molar-refractivity contribution in [3.63, 3.8) is 0 Å². The number of carbonyl (C=O) groups is 1. The van der Waals surface area contributed by atoms with Gasteiger partial charge in [-0.05, 0) is 0 Å². The van der Waals surface area contributed by atoms with E-state index in [-0.39, 0.29) is 17.1 Å². The fraction of sp³-hybridized carbons (Fsp3) is 0.750. The Balaban J connectivity index is 0. The molecular weight excluding hydrogens is 280 g/mol. The zero-order valence-electron chi connectivity index (χ0n) is 7.40. The third kappa shape index (κ3) is 16.3. The second-order valence-corrected chi connectivity index (χ2v) is 3.12. The summed E-state index contributed by atoms with van der Waals surface area (Å²) < 4.78 is 34.1. The first-order valence-corrected chi connectivity index (χ1v) is 4.81. The monoisotopic (exact) mass is 289 g/mol. The van der Waals surface area contributed by atoms with Crippen molar-refractivity contribution in [3.8, 4) is 0 Å². The van der Waals surface area contributed by atoms with Crippen LogP contribution in [0.3, 0.4) is 0 Å². The van der Waals surface area contributed by atoms with Crippen molar-refractivity contribution in [2.75, 3.05) is 19.8 Å². The largest absolute Gasteiger partial charge is 2.00 e. The van der Waals surface area contributed by atoms with E-state index in [0.29, 0.717) is 6.67 Å². The Labute approximate surface area is 97.4 Å². The predicted octanol–water partition coefficient (Wildman–Crippen LogP) is -2.91. The first kappa shape index (κ1) is 17.0. The van der Waals surface area contributed by atoms with Crippen LogP contribution in [0.15, 0.2) is 0 Å². The fourth-order valence-corrected chi connectivity index (χ4v) is 0.758. The number of rotatable bonds is 1. The van der Waals surface area contributed by atoms with Gasteiger partial charge >= 0.3 is 23.1 Å². The minimum Gasteiger partial charge on any atom is -0.759 e. The van der Waals surface area contributed by atoms with Gasteiger partial charge in [-0.1, -0.05) is 0 Å². The van der Waals surface area contributed by atoms with Crippen LogP contribution < -0.4 is 16.5 Å². The molecule has 0 bridgehead atoms. The molecule has 0 aromatic rings. The number of nitrogens with one attached hydrogen (secondary N) is 2. The van der Waals surface area contributed by atoms with E-state index in [1.807, 2.05) is 0 Å². The number of nitrogens with two attached hydrogens (primary N) is 1. The van der Waals surface area contributed by atoms with Crippen LogP contribution in [-0.2, 0) is 27.5 Å². The molecule has 0 saturated carbocycles. The average molecular weight is 290 g/mol. The molecule has 1 fully saturated rings. The Morgan fingerprint density at radius 3 is 2.20 bits per heavy atom. The van der Waals surface area contributed by atoms with Crippen molar-refractivity contribution in [2.45, 2.75) is 0 Å². The second kappa shape index (κ2) is 7.82. The van der Waals surface area contributed by atoms with Crippen LogP contribution in [0.4, 0.5) is 4.79 Å². The summed E-state index contributed by atoms with van der Waals surface area (Å²) >= 11 is 0. The molecule has 1 rings (SSSR count). The minimum absolute atomic E-state index is 0. The number of primary amides is 1. The fourth-order valence-electron chi connectivity index (χ4n) is 0.758. The van der Waals surface area contributed by atoms with E-state index >= 15 is 0 Å². The van der Waals surface area contributed by atoms with Gasteiger partial charge in [-0.25, -0.2) is 9.80 Å². The van der Waals surface area contributed by atoms with Crippen molar-refractivity contribution in [1.82, 2.24) is 15.8 Å². The zero-order valence-corrected chi connectivity index (χ0v) is 9.16. The van der Waals surface area contributed by atoms with E-state index in [0.717, 1.165) is 13.1 Å². The molecule has 1 radical (unpaired) electrons. The first-order valence-electron chi connectivity index (χ1n) is 3.47. The van der Waals surface area contributed by atoms with Gasteiger partial charge in [-0.15, -0.1) is 0 Å². The molecule has 2 amide bonds. The van der Waals surface area contributed by atoms with Gasteiger partial charge in [-0.2, -0.15) is 0 Å².